The van der Waals surface area contributed by atoms with Crippen molar-refractivity contribution >= 4 is 25.9 Å². The van der Waals surface area contributed by atoms with Crippen molar-refractivity contribution in [3.05, 3.63) is 29.8 Å². The first kappa shape index (κ1) is 21.2. The molecular formula is C18H25N5O5S2. The molecule has 2 aliphatic heterocycles. The van der Waals surface area contributed by atoms with E-state index in [1.54, 1.807) is 26.0 Å². The van der Waals surface area contributed by atoms with Crippen molar-refractivity contribution < 1.29 is 21.4 Å². The van der Waals surface area contributed by atoms with Crippen LogP contribution < -0.4 is 4.90 Å². The fourth-order valence-corrected chi connectivity index (χ4v) is 7.10. The summed E-state index contributed by atoms with van der Waals surface area (Å²) >= 11 is 0. The van der Waals surface area contributed by atoms with Crippen LogP contribution in [-0.2, 0) is 20.0 Å². The van der Waals surface area contributed by atoms with Crippen LogP contribution in [0.2, 0.25) is 0 Å². The second-order valence-corrected chi connectivity index (χ2v) is 11.3. The molecule has 2 aliphatic rings. The Morgan fingerprint density at radius 2 is 1.50 bits per heavy atom. The maximum atomic E-state index is 12.9. The molecule has 12 heteroatoms. The SMILES string of the molecule is Cc1noc(C)c1S(=O)(=O)N1CCN(c2ccc(S(=O)(=O)N3CCCC3)cn2)CC1. The summed E-state index contributed by atoms with van der Waals surface area (Å²) in [7, 11) is -7.17. The summed E-state index contributed by atoms with van der Waals surface area (Å²) in [6.45, 7) is 5.79. The molecule has 10 nitrogen and oxygen atoms in total. The minimum absolute atomic E-state index is 0.130. The molecule has 2 fully saturated rings. The molecule has 4 heterocycles. The molecule has 0 saturated carbocycles. The standard InChI is InChI=1S/C18H25N5O5S2/c1-14-18(15(2)28-20-14)30(26,27)23-11-9-21(10-12-23)17-6-5-16(13-19-17)29(24,25)22-7-3-4-8-22/h5-6,13H,3-4,7-12H2,1-2H3. The monoisotopic (exact) mass is 455 g/mol. The third-order valence-electron chi connectivity index (χ3n) is 5.55. The van der Waals surface area contributed by atoms with Gasteiger partial charge in [-0.15, -0.1) is 0 Å². The Bertz CT molecular complexity index is 1090. The summed E-state index contributed by atoms with van der Waals surface area (Å²) in [4.78, 5) is 6.60. The lowest BCUT2D eigenvalue weighted by atomic mass is 10.3. The van der Waals surface area contributed by atoms with Gasteiger partial charge >= 0.3 is 0 Å². The summed E-state index contributed by atoms with van der Waals surface area (Å²) in [5, 5.41) is 3.74. The molecule has 0 spiro atoms. The number of sulfonamides is 2. The minimum Gasteiger partial charge on any atom is -0.360 e. The number of aryl methyl sites for hydroxylation is 2. The summed E-state index contributed by atoms with van der Waals surface area (Å²) < 4.78 is 59.0. The molecule has 0 atom stereocenters. The zero-order chi connectivity index (χ0) is 21.5. The number of hydrogen-bond donors (Lipinski definition) is 0. The Kier molecular flexibility index (Phi) is 5.60. The van der Waals surface area contributed by atoms with Crippen molar-refractivity contribution in [2.75, 3.05) is 44.2 Å². The molecule has 0 bridgehead atoms. The Morgan fingerprint density at radius 1 is 0.867 bits per heavy atom. The van der Waals surface area contributed by atoms with Crippen LogP contribution in [0, 0.1) is 13.8 Å². The van der Waals surface area contributed by atoms with Crippen LogP contribution in [-0.4, -0.2) is 74.9 Å². The van der Waals surface area contributed by atoms with E-state index in [0.29, 0.717) is 50.8 Å². The van der Waals surface area contributed by atoms with Crippen LogP contribution in [0.25, 0.3) is 0 Å². The van der Waals surface area contributed by atoms with E-state index in [0.717, 1.165) is 12.8 Å². The number of rotatable bonds is 5. The average molecular weight is 456 g/mol. The molecule has 2 aromatic heterocycles. The number of pyridine rings is 1. The molecule has 0 unspecified atom stereocenters. The summed E-state index contributed by atoms with van der Waals surface area (Å²) in [6, 6.07) is 3.25. The van der Waals surface area contributed by atoms with Crippen molar-refractivity contribution in [2.45, 2.75) is 36.5 Å². The smallest absolute Gasteiger partial charge is 0.248 e. The van der Waals surface area contributed by atoms with Crippen LogP contribution in [0.4, 0.5) is 5.82 Å². The lowest BCUT2D eigenvalue weighted by Crippen LogP contribution is -2.49. The van der Waals surface area contributed by atoms with Gasteiger partial charge in [0.25, 0.3) is 0 Å². The second-order valence-electron chi connectivity index (χ2n) is 7.51. The predicted molar refractivity (Wildman–Crippen MR) is 109 cm³/mol. The van der Waals surface area contributed by atoms with Gasteiger partial charge in [0.15, 0.2) is 5.76 Å². The van der Waals surface area contributed by atoms with Crippen molar-refractivity contribution in [2.24, 2.45) is 0 Å². The lowest BCUT2D eigenvalue weighted by Gasteiger charge is -2.34. The van der Waals surface area contributed by atoms with E-state index in [-0.39, 0.29) is 15.6 Å². The minimum atomic E-state index is -3.68. The molecule has 2 aromatic rings. The van der Waals surface area contributed by atoms with Gasteiger partial charge in [0.05, 0.1) is 0 Å². The Morgan fingerprint density at radius 3 is 2.03 bits per heavy atom. The fraction of sp³-hybridized carbons (Fsp3) is 0.556. The first-order chi connectivity index (χ1) is 14.2. The topological polar surface area (TPSA) is 117 Å². The van der Waals surface area contributed by atoms with Gasteiger partial charge < -0.3 is 9.42 Å². The second kappa shape index (κ2) is 7.91. The molecule has 4 rings (SSSR count). The zero-order valence-electron chi connectivity index (χ0n) is 17.0. The molecule has 0 radical (unpaired) electrons. The van der Waals surface area contributed by atoms with Gasteiger partial charge in [-0.3, -0.25) is 0 Å². The fourth-order valence-electron chi connectivity index (χ4n) is 3.92. The van der Waals surface area contributed by atoms with Crippen molar-refractivity contribution in [3.8, 4) is 0 Å². The third-order valence-corrected chi connectivity index (χ3v) is 9.58. The van der Waals surface area contributed by atoms with Crippen LogP contribution in [0.15, 0.2) is 32.6 Å². The maximum absolute atomic E-state index is 12.9. The maximum Gasteiger partial charge on any atom is 0.248 e. The van der Waals surface area contributed by atoms with Crippen LogP contribution in [0.3, 0.4) is 0 Å². The van der Waals surface area contributed by atoms with E-state index >= 15 is 0 Å². The Labute approximate surface area is 176 Å². The number of anilines is 1. The van der Waals surface area contributed by atoms with Gasteiger partial charge in [-0.05, 0) is 38.8 Å². The molecule has 0 N–H and O–H groups in total. The van der Waals surface area contributed by atoms with Gasteiger partial charge in [0.1, 0.15) is 21.3 Å². The van der Waals surface area contributed by atoms with Crippen molar-refractivity contribution in [1.29, 1.82) is 0 Å². The number of aromatic nitrogens is 2. The highest BCUT2D eigenvalue weighted by Gasteiger charge is 2.34. The summed E-state index contributed by atoms with van der Waals surface area (Å²) in [6.07, 6.45) is 3.15. The van der Waals surface area contributed by atoms with E-state index in [9.17, 15) is 16.8 Å². The largest absolute Gasteiger partial charge is 0.360 e. The van der Waals surface area contributed by atoms with E-state index in [2.05, 4.69) is 10.1 Å². The number of hydrogen-bond acceptors (Lipinski definition) is 8. The van der Waals surface area contributed by atoms with Gasteiger partial charge in [-0.1, -0.05) is 5.16 Å². The van der Waals surface area contributed by atoms with Gasteiger partial charge in [-0.25, -0.2) is 21.8 Å². The lowest BCUT2D eigenvalue weighted by molar-refractivity contribution is 0.377. The quantitative estimate of drug-likeness (QED) is 0.655. The molecule has 0 amide bonds. The summed E-state index contributed by atoms with van der Waals surface area (Å²) in [5.74, 6) is 0.913. The highest BCUT2D eigenvalue weighted by Crippen LogP contribution is 2.26. The number of piperazine rings is 1. The van der Waals surface area contributed by atoms with Crippen molar-refractivity contribution in [3.63, 3.8) is 0 Å². The third kappa shape index (κ3) is 3.72. The number of nitrogens with zero attached hydrogens (tertiary/aromatic N) is 5. The molecule has 0 aliphatic carbocycles. The van der Waals surface area contributed by atoms with E-state index in [1.807, 2.05) is 4.90 Å². The highest BCUT2D eigenvalue weighted by molar-refractivity contribution is 7.89. The first-order valence-corrected chi connectivity index (χ1v) is 12.7. The molecule has 164 valence electrons. The van der Waals surface area contributed by atoms with E-state index < -0.39 is 20.0 Å². The Balaban J connectivity index is 1.44. The summed E-state index contributed by atoms with van der Waals surface area (Å²) in [5.41, 5.74) is 0.353. The molecule has 0 aromatic carbocycles. The first-order valence-electron chi connectivity index (χ1n) is 9.85. The van der Waals surface area contributed by atoms with Crippen LogP contribution >= 0.6 is 0 Å². The van der Waals surface area contributed by atoms with Crippen molar-refractivity contribution in [1.82, 2.24) is 18.8 Å². The van der Waals surface area contributed by atoms with E-state index in [4.69, 9.17) is 4.52 Å². The van der Waals surface area contributed by atoms with E-state index in [1.165, 1.54) is 14.8 Å². The average Bonchev–Trinajstić information content (AvgIpc) is 3.39. The molecule has 30 heavy (non-hydrogen) atoms. The zero-order valence-corrected chi connectivity index (χ0v) is 18.6. The Hall–Kier alpha value is -2.02. The molecular weight excluding hydrogens is 430 g/mol. The van der Waals surface area contributed by atoms with Crippen LogP contribution in [0.1, 0.15) is 24.3 Å². The molecule has 2 saturated heterocycles. The van der Waals surface area contributed by atoms with Gasteiger partial charge in [0.2, 0.25) is 20.0 Å². The predicted octanol–water partition coefficient (Wildman–Crippen LogP) is 0.982. The van der Waals surface area contributed by atoms with Gasteiger partial charge in [-0.2, -0.15) is 8.61 Å². The van der Waals surface area contributed by atoms with Gasteiger partial charge in [0, 0.05) is 45.5 Å². The normalized spacial score (nSPS) is 19.5. The van der Waals surface area contributed by atoms with Crippen LogP contribution in [0.5, 0.6) is 0 Å². The highest BCUT2D eigenvalue weighted by atomic mass is 32.2.